The summed E-state index contributed by atoms with van der Waals surface area (Å²) in [5, 5.41) is 6.36. The second kappa shape index (κ2) is 9.37. The van der Waals surface area contributed by atoms with E-state index in [-0.39, 0.29) is 24.4 Å². The molecule has 128 valence electrons. The van der Waals surface area contributed by atoms with Crippen LogP contribution >= 0.6 is 12.4 Å². The largest absolute Gasteiger partial charge is 0.493 e. The summed E-state index contributed by atoms with van der Waals surface area (Å²) in [6.07, 6.45) is 1.27. The van der Waals surface area contributed by atoms with Gasteiger partial charge in [-0.05, 0) is 49.7 Å². The number of primary amides is 1. The molecule has 4 N–H and O–H groups in total. The molecule has 1 saturated heterocycles. The van der Waals surface area contributed by atoms with Crippen LogP contribution in [0.5, 0.6) is 5.75 Å². The number of benzene rings is 1. The molecule has 23 heavy (non-hydrogen) atoms. The third-order valence-corrected chi connectivity index (χ3v) is 3.87. The van der Waals surface area contributed by atoms with Gasteiger partial charge < -0.3 is 21.1 Å². The van der Waals surface area contributed by atoms with E-state index in [1.807, 2.05) is 0 Å². The van der Waals surface area contributed by atoms with E-state index in [0.29, 0.717) is 30.3 Å². The summed E-state index contributed by atoms with van der Waals surface area (Å²) < 4.78 is 5.50. The van der Waals surface area contributed by atoms with Crippen molar-refractivity contribution in [1.29, 1.82) is 0 Å². The Labute approximate surface area is 142 Å². The minimum absolute atomic E-state index is 0. The monoisotopic (exact) mass is 341 g/mol. The first-order chi connectivity index (χ1) is 10.6. The van der Waals surface area contributed by atoms with Crippen LogP contribution in [0.2, 0.25) is 0 Å². The molecule has 1 aliphatic heterocycles. The quantitative estimate of drug-likeness (QED) is 0.722. The Bertz CT molecular complexity index is 522. The Balaban J connectivity index is 0.00000264. The zero-order chi connectivity index (χ0) is 15.9. The van der Waals surface area contributed by atoms with Crippen LogP contribution in [0, 0.1) is 5.92 Å². The Kier molecular flexibility index (Phi) is 7.85. The van der Waals surface area contributed by atoms with Crippen LogP contribution in [0.3, 0.4) is 0 Å². The van der Waals surface area contributed by atoms with Gasteiger partial charge in [0.1, 0.15) is 5.75 Å². The minimum atomic E-state index is -0.470. The van der Waals surface area contributed by atoms with E-state index in [1.165, 1.54) is 0 Å². The average molecular weight is 342 g/mol. The Morgan fingerprint density at radius 3 is 2.65 bits per heavy atom. The normalized spacial score (nSPS) is 20.2. The number of nitrogens with two attached hydrogens (primary N) is 1. The number of halogens is 1. The van der Waals surface area contributed by atoms with Crippen molar-refractivity contribution in [3.05, 3.63) is 29.8 Å². The molecule has 1 heterocycles. The van der Waals surface area contributed by atoms with Gasteiger partial charge >= 0.3 is 0 Å². The number of rotatable bonds is 6. The van der Waals surface area contributed by atoms with Gasteiger partial charge in [0, 0.05) is 11.6 Å². The number of carbonyl (C=O) groups excluding carboxylic acids is 2. The summed E-state index contributed by atoms with van der Waals surface area (Å²) in [5.74, 6) is 0.600. The Morgan fingerprint density at radius 1 is 1.35 bits per heavy atom. The number of hydrogen-bond donors (Lipinski definition) is 3. The third kappa shape index (κ3) is 6.08. The van der Waals surface area contributed by atoms with Crippen LogP contribution in [0.25, 0.3) is 0 Å². The van der Waals surface area contributed by atoms with E-state index >= 15 is 0 Å². The zero-order valence-corrected chi connectivity index (χ0v) is 14.0. The molecular formula is C16H24ClN3O3. The van der Waals surface area contributed by atoms with Crippen LogP contribution in [-0.4, -0.2) is 37.6 Å². The van der Waals surface area contributed by atoms with Crippen molar-refractivity contribution in [1.82, 2.24) is 10.6 Å². The second-order valence-corrected chi connectivity index (χ2v) is 5.63. The molecule has 0 radical (unpaired) electrons. The van der Waals surface area contributed by atoms with Gasteiger partial charge in [0.15, 0.2) is 0 Å². The minimum Gasteiger partial charge on any atom is -0.493 e. The molecule has 0 aliphatic carbocycles. The fourth-order valence-corrected chi connectivity index (χ4v) is 2.48. The number of carbonyl (C=O) groups is 2. The summed E-state index contributed by atoms with van der Waals surface area (Å²) in [7, 11) is 0. The summed E-state index contributed by atoms with van der Waals surface area (Å²) in [4.78, 5) is 22.9. The van der Waals surface area contributed by atoms with Crippen molar-refractivity contribution in [3.63, 3.8) is 0 Å². The lowest BCUT2D eigenvalue weighted by Gasteiger charge is -2.30. The van der Waals surface area contributed by atoms with Crippen molar-refractivity contribution < 1.29 is 14.3 Å². The fraction of sp³-hybridized carbons (Fsp3) is 0.500. The molecule has 1 aliphatic rings. The SMILES string of the molecule is CC1CNCCC1NC(=O)CCOc1ccc(C(N)=O)cc1.Cl. The molecule has 0 aromatic heterocycles. The van der Waals surface area contributed by atoms with Crippen LogP contribution in [0.4, 0.5) is 0 Å². The first-order valence-electron chi connectivity index (χ1n) is 7.59. The lowest BCUT2D eigenvalue weighted by Crippen LogP contribution is -2.48. The van der Waals surface area contributed by atoms with E-state index in [4.69, 9.17) is 10.5 Å². The number of hydrogen-bond acceptors (Lipinski definition) is 4. The maximum absolute atomic E-state index is 11.9. The number of nitrogens with one attached hydrogen (secondary N) is 2. The lowest BCUT2D eigenvalue weighted by atomic mass is 9.95. The molecule has 1 aromatic carbocycles. The van der Waals surface area contributed by atoms with Crippen molar-refractivity contribution in [3.8, 4) is 5.75 Å². The molecule has 2 unspecified atom stereocenters. The predicted octanol–water partition coefficient (Wildman–Crippen LogP) is 1.09. The first kappa shape index (κ1) is 19.3. The molecule has 2 rings (SSSR count). The third-order valence-electron chi connectivity index (χ3n) is 3.87. The highest BCUT2D eigenvalue weighted by atomic mass is 35.5. The number of piperidine rings is 1. The van der Waals surface area contributed by atoms with Gasteiger partial charge in [-0.3, -0.25) is 9.59 Å². The smallest absolute Gasteiger partial charge is 0.248 e. The maximum Gasteiger partial charge on any atom is 0.248 e. The predicted molar refractivity (Wildman–Crippen MR) is 90.9 cm³/mol. The van der Waals surface area contributed by atoms with Gasteiger partial charge in [0.05, 0.1) is 13.0 Å². The molecule has 2 amide bonds. The number of ether oxygens (including phenoxy) is 1. The maximum atomic E-state index is 11.9. The molecule has 1 aromatic rings. The molecule has 0 spiro atoms. The summed E-state index contributed by atoms with van der Waals surface area (Å²) in [6.45, 7) is 4.32. The van der Waals surface area contributed by atoms with E-state index in [0.717, 1.165) is 19.5 Å². The second-order valence-electron chi connectivity index (χ2n) is 5.63. The summed E-state index contributed by atoms with van der Waals surface area (Å²) in [5.41, 5.74) is 5.60. The topological polar surface area (TPSA) is 93.4 Å². The molecule has 1 fully saturated rings. The standard InChI is InChI=1S/C16H23N3O3.ClH/c1-11-10-18-8-6-14(11)19-15(20)7-9-22-13-4-2-12(3-5-13)16(17)21;/h2-5,11,14,18H,6-10H2,1H3,(H2,17,21)(H,19,20);1H. The van der Waals surface area contributed by atoms with E-state index in [9.17, 15) is 9.59 Å². The molecule has 0 bridgehead atoms. The van der Waals surface area contributed by atoms with Crippen LogP contribution < -0.4 is 21.1 Å². The molecule has 0 saturated carbocycles. The Morgan fingerprint density at radius 2 is 2.04 bits per heavy atom. The van der Waals surface area contributed by atoms with Gasteiger partial charge in [0.25, 0.3) is 0 Å². The Hall–Kier alpha value is -1.79. The first-order valence-corrected chi connectivity index (χ1v) is 7.59. The molecule has 2 atom stereocenters. The average Bonchev–Trinajstić information content (AvgIpc) is 2.50. The van der Waals surface area contributed by atoms with Gasteiger partial charge in [-0.1, -0.05) is 6.92 Å². The zero-order valence-electron chi connectivity index (χ0n) is 13.2. The highest BCUT2D eigenvalue weighted by molar-refractivity contribution is 5.92. The highest BCUT2D eigenvalue weighted by Gasteiger charge is 2.22. The van der Waals surface area contributed by atoms with E-state index < -0.39 is 5.91 Å². The highest BCUT2D eigenvalue weighted by Crippen LogP contribution is 2.13. The fourth-order valence-electron chi connectivity index (χ4n) is 2.48. The van der Waals surface area contributed by atoms with E-state index in [2.05, 4.69) is 17.6 Å². The summed E-state index contributed by atoms with van der Waals surface area (Å²) >= 11 is 0. The van der Waals surface area contributed by atoms with Gasteiger partial charge in [-0.25, -0.2) is 0 Å². The van der Waals surface area contributed by atoms with Crippen molar-refractivity contribution in [2.45, 2.75) is 25.8 Å². The van der Waals surface area contributed by atoms with Crippen LogP contribution in [0.1, 0.15) is 30.1 Å². The van der Waals surface area contributed by atoms with Gasteiger partial charge in [-0.15, -0.1) is 12.4 Å². The lowest BCUT2D eigenvalue weighted by molar-refractivity contribution is -0.122. The molecule has 7 heteroatoms. The van der Waals surface area contributed by atoms with E-state index in [1.54, 1.807) is 24.3 Å². The van der Waals surface area contributed by atoms with Crippen molar-refractivity contribution in [2.24, 2.45) is 11.7 Å². The number of amides is 2. The molecular weight excluding hydrogens is 318 g/mol. The van der Waals surface area contributed by atoms with Crippen molar-refractivity contribution >= 4 is 24.2 Å². The molecule has 6 nitrogen and oxygen atoms in total. The van der Waals surface area contributed by atoms with Crippen LogP contribution in [-0.2, 0) is 4.79 Å². The van der Waals surface area contributed by atoms with Crippen LogP contribution in [0.15, 0.2) is 24.3 Å². The summed E-state index contributed by atoms with van der Waals surface area (Å²) in [6, 6.07) is 6.80. The van der Waals surface area contributed by atoms with Gasteiger partial charge in [-0.2, -0.15) is 0 Å². The van der Waals surface area contributed by atoms with Gasteiger partial charge in [0.2, 0.25) is 11.8 Å². The van der Waals surface area contributed by atoms with Crippen molar-refractivity contribution in [2.75, 3.05) is 19.7 Å².